The van der Waals surface area contributed by atoms with Gasteiger partial charge in [-0.3, -0.25) is 0 Å². The van der Waals surface area contributed by atoms with E-state index in [0.717, 1.165) is 17.5 Å². The predicted molar refractivity (Wildman–Crippen MR) is 47.9 cm³/mol. The molecule has 0 aliphatic heterocycles. The van der Waals surface area contributed by atoms with Crippen LogP contribution in [0.15, 0.2) is 6.20 Å². The molecule has 4 heteroatoms. The normalized spacial score (nSPS) is 12.9. The van der Waals surface area contributed by atoms with E-state index in [-0.39, 0.29) is 0 Å². The van der Waals surface area contributed by atoms with Crippen LogP contribution in [0.1, 0.15) is 20.3 Å². The van der Waals surface area contributed by atoms with Crippen LogP contribution >= 0.6 is 11.5 Å². The Kier molecular flexibility index (Phi) is 3.29. The standard InChI is InChI=1S/C7H13N3S/c1-3-6(2)4-8-7-5-9-10-11-7/h5-6,8H,3-4H2,1-2H3. The second kappa shape index (κ2) is 4.28. The molecule has 11 heavy (non-hydrogen) atoms. The lowest BCUT2D eigenvalue weighted by Crippen LogP contribution is -2.08. The minimum atomic E-state index is 0.720. The number of hydrogen-bond acceptors (Lipinski definition) is 4. The zero-order valence-corrected chi connectivity index (χ0v) is 7.69. The number of anilines is 1. The second-order valence-electron chi connectivity index (χ2n) is 2.68. The van der Waals surface area contributed by atoms with Crippen LogP contribution in [0.5, 0.6) is 0 Å². The highest BCUT2D eigenvalue weighted by atomic mass is 32.1. The lowest BCUT2D eigenvalue weighted by molar-refractivity contribution is 0.594. The third-order valence-corrected chi connectivity index (χ3v) is 2.31. The maximum absolute atomic E-state index is 3.76. The predicted octanol–water partition coefficient (Wildman–Crippen LogP) is 2.00. The van der Waals surface area contributed by atoms with Gasteiger partial charge in [-0.2, -0.15) is 0 Å². The Labute approximate surface area is 71.0 Å². The zero-order valence-electron chi connectivity index (χ0n) is 6.87. The molecule has 0 saturated carbocycles. The van der Waals surface area contributed by atoms with E-state index in [1.165, 1.54) is 18.0 Å². The van der Waals surface area contributed by atoms with Crippen molar-refractivity contribution >= 4 is 16.5 Å². The molecule has 1 atom stereocenters. The monoisotopic (exact) mass is 171 g/mol. The van der Waals surface area contributed by atoms with Crippen LogP contribution in [0.25, 0.3) is 0 Å². The fraction of sp³-hybridized carbons (Fsp3) is 0.714. The number of hydrogen-bond donors (Lipinski definition) is 1. The first kappa shape index (κ1) is 8.46. The highest BCUT2D eigenvalue weighted by Crippen LogP contribution is 2.10. The van der Waals surface area contributed by atoms with Crippen molar-refractivity contribution in [1.82, 2.24) is 9.59 Å². The molecule has 0 aliphatic rings. The third-order valence-electron chi connectivity index (χ3n) is 1.68. The molecular formula is C7H13N3S. The second-order valence-corrected chi connectivity index (χ2v) is 3.46. The smallest absolute Gasteiger partial charge is 0.130 e. The summed E-state index contributed by atoms with van der Waals surface area (Å²) >= 11 is 1.40. The van der Waals surface area contributed by atoms with E-state index in [9.17, 15) is 0 Å². The Bertz CT molecular complexity index is 186. The van der Waals surface area contributed by atoms with Crippen LogP contribution in [-0.4, -0.2) is 16.1 Å². The number of aromatic nitrogens is 2. The molecule has 3 nitrogen and oxygen atoms in total. The summed E-state index contributed by atoms with van der Waals surface area (Å²) in [7, 11) is 0. The topological polar surface area (TPSA) is 37.8 Å². The van der Waals surface area contributed by atoms with Gasteiger partial charge < -0.3 is 5.32 Å². The van der Waals surface area contributed by atoms with Gasteiger partial charge in [0.2, 0.25) is 0 Å². The fourth-order valence-corrected chi connectivity index (χ4v) is 1.09. The van der Waals surface area contributed by atoms with Crippen molar-refractivity contribution in [2.45, 2.75) is 20.3 Å². The van der Waals surface area contributed by atoms with Crippen LogP contribution in [0, 0.1) is 5.92 Å². The van der Waals surface area contributed by atoms with Gasteiger partial charge in [-0.15, -0.1) is 5.10 Å². The average molecular weight is 171 g/mol. The van der Waals surface area contributed by atoms with Crippen molar-refractivity contribution in [1.29, 1.82) is 0 Å². The van der Waals surface area contributed by atoms with Crippen LogP contribution in [0.4, 0.5) is 5.00 Å². The number of rotatable bonds is 4. The van der Waals surface area contributed by atoms with E-state index < -0.39 is 0 Å². The molecule has 0 aromatic carbocycles. The summed E-state index contributed by atoms with van der Waals surface area (Å²) in [5, 5.41) is 8.06. The summed E-state index contributed by atoms with van der Waals surface area (Å²) in [4.78, 5) is 0. The van der Waals surface area contributed by atoms with Crippen molar-refractivity contribution in [2.75, 3.05) is 11.9 Å². The molecule has 1 rings (SSSR count). The lowest BCUT2D eigenvalue weighted by atomic mass is 10.1. The Morgan fingerprint density at radius 3 is 3.09 bits per heavy atom. The van der Waals surface area contributed by atoms with E-state index in [2.05, 4.69) is 28.8 Å². The van der Waals surface area contributed by atoms with Gasteiger partial charge in [0.1, 0.15) is 5.00 Å². The van der Waals surface area contributed by atoms with Crippen LogP contribution < -0.4 is 5.32 Å². The van der Waals surface area contributed by atoms with Crippen molar-refractivity contribution in [3.05, 3.63) is 6.20 Å². The van der Waals surface area contributed by atoms with Crippen LogP contribution in [0.3, 0.4) is 0 Å². The largest absolute Gasteiger partial charge is 0.374 e. The highest BCUT2D eigenvalue weighted by Gasteiger charge is 1.98. The molecule has 1 N–H and O–H groups in total. The molecule has 1 aromatic heterocycles. The van der Waals surface area contributed by atoms with E-state index >= 15 is 0 Å². The summed E-state index contributed by atoms with van der Waals surface area (Å²) in [6.07, 6.45) is 2.96. The maximum Gasteiger partial charge on any atom is 0.130 e. The van der Waals surface area contributed by atoms with E-state index in [1.54, 1.807) is 6.20 Å². The van der Waals surface area contributed by atoms with Crippen molar-refractivity contribution in [3.8, 4) is 0 Å². The van der Waals surface area contributed by atoms with Crippen LogP contribution in [-0.2, 0) is 0 Å². The molecular weight excluding hydrogens is 158 g/mol. The minimum Gasteiger partial charge on any atom is -0.374 e. The summed E-state index contributed by atoms with van der Waals surface area (Å²) < 4.78 is 3.76. The van der Waals surface area contributed by atoms with E-state index in [4.69, 9.17) is 0 Å². The van der Waals surface area contributed by atoms with Crippen molar-refractivity contribution in [3.63, 3.8) is 0 Å². The highest BCUT2D eigenvalue weighted by molar-refractivity contribution is 7.09. The SMILES string of the molecule is CCC(C)CNc1cnns1. The Morgan fingerprint density at radius 1 is 1.73 bits per heavy atom. The molecule has 0 amide bonds. The average Bonchev–Trinajstić information content (AvgIpc) is 2.52. The molecule has 0 spiro atoms. The molecule has 0 aliphatic carbocycles. The lowest BCUT2D eigenvalue weighted by Gasteiger charge is -2.07. The van der Waals surface area contributed by atoms with Gasteiger partial charge in [0.05, 0.1) is 6.20 Å². The first-order valence-electron chi connectivity index (χ1n) is 3.84. The summed E-state index contributed by atoms with van der Waals surface area (Å²) in [5.74, 6) is 0.720. The van der Waals surface area contributed by atoms with Crippen molar-refractivity contribution in [2.24, 2.45) is 5.92 Å². The summed E-state index contributed by atoms with van der Waals surface area (Å²) in [5.41, 5.74) is 0. The molecule has 1 aromatic rings. The maximum atomic E-state index is 3.76. The number of nitrogens with one attached hydrogen (secondary N) is 1. The van der Waals surface area contributed by atoms with Gasteiger partial charge >= 0.3 is 0 Å². The first-order chi connectivity index (χ1) is 5.33. The molecule has 0 radical (unpaired) electrons. The van der Waals surface area contributed by atoms with Gasteiger partial charge in [0, 0.05) is 18.1 Å². The molecule has 0 fully saturated rings. The molecule has 1 unspecified atom stereocenters. The van der Waals surface area contributed by atoms with E-state index in [0.29, 0.717) is 0 Å². The quantitative estimate of drug-likeness (QED) is 0.753. The summed E-state index contributed by atoms with van der Waals surface area (Å²) in [6, 6.07) is 0. The minimum absolute atomic E-state index is 0.720. The number of nitrogens with zero attached hydrogens (tertiary/aromatic N) is 2. The Balaban J connectivity index is 2.23. The van der Waals surface area contributed by atoms with Gasteiger partial charge in [-0.05, 0) is 5.92 Å². The summed E-state index contributed by atoms with van der Waals surface area (Å²) in [6.45, 7) is 5.43. The molecule has 0 saturated heterocycles. The molecule has 0 bridgehead atoms. The van der Waals surface area contributed by atoms with Gasteiger partial charge in [-0.1, -0.05) is 24.8 Å². The third kappa shape index (κ3) is 2.84. The first-order valence-corrected chi connectivity index (χ1v) is 4.61. The molecule has 62 valence electrons. The molecule has 1 heterocycles. The zero-order chi connectivity index (χ0) is 8.10. The van der Waals surface area contributed by atoms with E-state index in [1.807, 2.05) is 0 Å². The Hall–Kier alpha value is -0.640. The van der Waals surface area contributed by atoms with Gasteiger partial charge in [0.15, 0.2) is 0 Å². The van der Waals surface area contributed by atoms with Crippen LogP contribution in [0.2, 0.25) is 0 Å². The van der Waals surface area contributed by atoms with Gasteiger partial charge in [0.25, 0.3) is 0 Å². The van der Waals surface area contributed by atoms with Crippen molar-refractivity contribution < 1.29 is 0 Å². The fourth-order valence-electron chi connectivity index (χ4n) is 0.664. The Morgan fingerprint density at radius 2 is 2.55 bits per heavy atom. The van der Waals surface area contributed by atoms with Gasteiger partial charge in [-0.25, -0.2) is 0 Å².